The lowest BCUT2D eigenvalue weighted by Crippen LogP contribution is -2.43. The molecule has 3 N–H and O–H groups in total. The summed E-state index contributed by atoms with van der Waals surface area (Å²) >= 11 is 0. The number of nitrogens with one attached hydrogen (secondary N) is 1. The SMILES string of the molecule is CCCS(=O)(=O)N1CCC(Nc2ncc(C(=O)c3ccc(F)cc3OC)c(N)n2)CC1. The molecule has 0 atom stereocenters. The van der Waals surface area contributed by atoms with Gasteiger partial charge in [0.15, 0.2) is 0 Å². The van der Waals surface area contributed by atoms with E-state index in [4.69, 9.17) is 10.5 Å². The van der Waals surface area contributed by atoms with Crippen molar-refractivity contribution in [2.75, 3.05) is 37.0 Å². The molecule has 1 aromatic heterocycles. The monoisotopic (exact) mass is 451 g/mol. The quantitative estimate of drug-likeness (QED) is 0.584. The molecule has 0 radical (unpaired) electrons. The van der Waals surface area contributed by atoms with Gasteiger partial charge in [0, 0.05) is 31.4 Å². The topological polar surface area (TPSA) is 128 Å². The predicted octanol–water partition coefficient (Wildman–Crippen LogP) is 2.05. The number of nitrogens with zero attached hydrogens (tertiary/aromatic N) is 3. The van der Waals surface area contributed by atoms with Crippen molar-refractivity contribution in [1.29, 1.82) is 0 Å². The second-order valence-electron chi connectivity index (χ2n) is 7.30. The number of sulfonamides is 1. The molecule has 31 heavy (non-hydrogen) atoms. The largest absolute Gasteiger partial charge is 0.496 e. The molecule has 3 rings (SSSR count). The minimum Gasteiger partial charge on any atom is -0.496 e. The average molecular weight is 452 g/mol. The third-order valence-electron chi connectivity index (χ3n) is 5.11. The summed E-state index contributed by atoms with van der Waals surface area (Å²) in [5.41, 5.74) is 6.22. The minimum absolute atomic E-state index is 0.00813. The Kier molecular flexibility index (Phi) is 7.06. The Morgan fingerprint density at radius 3 is 2.65 bits per heavy atom. The molecule has 1 aliphatic rings. The number of halogens is 1. The fourth-order valence-corrected chi connectivity index (χ4v) is 5.03. The van der Waals surface area contributed by atoms with Crippen LogP contribution >= 0.6 is 0 Å². The fourth-order valence-electron chi connectivity index (χ4n) is 3.49. The molecule has 168 valence electrons. The van der Waals surface area contributed by atoms with Crippen LogP contribution in [0.3, 0.4) is 0 Å². The van der Waals surface area contributed by atoms with Crippen molar-refractivity contribution in [1.82, 2.24) is 14.3 Å². The molecule has 11 heteroatoms. The highest BCUT2D eigenvalue weighted by molar-refractivity contribution is 7.89. The van der Waals surface area contributed by atoms with Crippen LogP contribution in [0.5, 0.6) is 5.75 Å². The van der Waals surface area contributed by atoms with Gasteiger partial charge in [0.25, 0.3) is 0 Å². The zero-order valence-electron chi connectivity index (χ0n) is 17.5. The van der Waals surface area contributed by atoms with Crippen LogP contribution in [-0.4, -0.2) is 60.5 Å². The first-order chi connectivity index (χ1) is 14.7. The maximum Gasteiger partial charge on any atom is 0.224 e. The molecule has 9 nitrogen and oxygen atoms in total. The van der Waals surface area contributed by atoms with Crippen LogP contribution in [0.15, 0.2) is 24.4 Å². The Morgan fingerprint density at radius 2 is 2.03 bits per heavy atom. The lowest BCUT2D eigenvalue weighted by Gasteiger charge is -2.31. The van der Waals surface area contributed by atoms with Crippen molar-refractivity contribution in [3.63, 3.8) is 0 Å². The van der Waals surface area contributed by atoms with Crippen LogP contribution in [-0.2, 0) is 10.0 Å². The van der Waals surface area contributed by atoms with Crippen molar-refractivity contribution >= 4 is 27.6 Å². The number of benzene rings is 1. The summed E-state index contributed by atoms with van der Waals surface area (Å²) in [4.78, 5) is 21.2. The van der Waals surface area contributed by atoms with E-state index in [0.29, 0.717) is 32.4 Å². The molecule has 0 saturated carbocycles. The van der Waals surface area contributed by atoms with Crippen LogP contribution in [0, 0.1) is 5.82 Å². The van der Waals surface area contributed by atoms with Crippen molar-refractivity contribution in [3.8, 4) is 5.75 Å². The summed E-state index contributed by atoms with van der Waals surface area (Å²) in [6.45, 7) is 2.70. The van der Waals surface area contributed by atoms with Gasteiger partial charge in [-0.15, -0.1) is 0 Å². The molecule has 1 aromatic carbocycles. The van der Waals surface area contributed by atoms with Gasteiger partial charge in [-0.2, -0.15) is 4.98 Å². The lowest BCUT2D eigenvalue weighted by atomic mass is 10.0. The molecule has 2 heterocycles. The first-order valence-electron chi connectivity index (χ1n) is 10.00. The lowest BCUT2D eigenvalue weighted by molar-refractivity contribution is 0.103. The van der Waals surface area contributed by atoms with Gasteiger partial charge in [0.2, 0.25) is 21.8 Å². The van der Waals surface area contributed by atoms with E-state index in [1.165, 1.54) is 23.7 Å². The smallest absolute Gasteiger partial charge is 0.224 e. The van der Waals surface area contributed by atoms with E-state index >= 15 is 0 Å². The van der Waals surface area contributed by atoms with Gasteiger partial charge in [-0.3, -0.25) is 4.79 Å². The highest BCUT2D eigenvalue weighted by Crippen LogP contribution is 2.25. The van der Waals surface area contributed by atoms with Gasteiger partial charge >= 0.3 is 0 Å². The number of ether oxygens (including phenoxy) is 1. The van der Waals surface area contributed by atoms with Crippen molar-refractivity contribution < 1.29 is 22.3 Å². The zero-order valence-corrected chi connectivity index (χ0v) is 18.3. The Morgan fingerprint density at radius 1 is 1.32 bits per heavy atom. The number of carbonyl (C=O) groups is 1. The summed E-state index contributed by atoms with van der Waals surface area (Å²) in [5.74, 6) is -0.511. The highest BCUT2D eigenvalue weighted by atomic mass is 32.2. The van der Waals surface area contributed by atoms with E-state index in [0.717, 1.165) is 12.1 Å². The maximum absolute atomic E-state index is 13.4. The molecule has 0 bridgehead atoms. The summed E-state index contributed by atoms with van der Waals surface area (Å²) < 4.78 is 44.4. The zero-order chi connectivity index (χ0) is 22.6. The van der Waals surface area contributed by atoms with Crippen molar-refractivity contribution in [2.45, 2.75) is 32.2 Å². The van der Waals surface area contributed by atoms with E-state index < -0.39 is 21.6 Å². The van der Waals surface area contributed by atoms with Gasteiger partial charge in [0.05, 0.1) is 24.0 Å². The average Bonchev–Trinajstić information content (AvgIpc) is 2.73. The number of aromatic nitrogens is 2. The number of hydrogen-bond donors (Lipinski definition) is 2. The summed E-state index contributed by atoms with van der Waals surface area (Å²) in [6, 6.07) is 3.59. The van der Waals surface area contributed by atoms with Crippen molar-refractivity contribution in [2.24, 2.45) is 0 Å². The van der Waals surface area contributed by atoms with E-state index in [1.54, 1.807) is 0 Å². The number of nitrogen functional groups attached to an aromatic ring is 1. The molecule has 1 fully saturated rings. The third-order valence-corrected chi connectivity index (χ3v) is 7.19. The Bertz CT molecular complexity index is 1060. The van der Waals surface area contributed by atoms with Crippen molar-refractivity contribution in [3.05, 3.63) is 41.3 Å². The molecular formula is C20H26FN5O4S. The first-order valence-corrected chi connectivity index (χ1v) is 11.6. The molecule has 0 amide bonds. The third kappa shape index (κ3) is 5.28. The second kappa shape index (κ2) is 9.56. The molecule has 0 spiro atoms. The number of piperidine rings is 1. The van der Waals surface area contributed by atoms with Crippen LogP contribution in [0.1, 0.15) is 42.1 Å². The Labute approximate surface area is 180 Å². The summed E-state index contributed by atoms with van der Waals surface area (Å²) in [7, 11) is -1.86. The summed E-state index contributed by atoms with van der Waals surface area (Å²) in [6.07, 6.45) is 3.12. The number of hydrogen-bond acceptors (Lipinski definition) is 8. The fraction of sp³-hybridized carbons (Fsp3) is 0.450. The number of rotatable bonds is 8. The normalized spacial score (nSPS) is 15.6. The second-order valence-corrected chi connectivity index (χ2v) is 9.39. The highest BCUT2D eigenvalue weighted by Gasteiger charge is 2.28. The number of methoxy groups -OCH3 is 1. The number of anilines is 2. The van der Waals surface area contributed by atoms with E-state index in [-0.39, 0.29) is 40.4 Å². The first kappa shape index (κ1) is 22.9. The molecule has 1 saturated heterocycles. The Balaban J connectivity index is 1.67. The number of nitrogens with two attached hydrogens (primary N) is 1. The standard InChI is InChI=1S/C20H26FN5O4S/c1-3-10-31(28,29)26-8-6-14(7-9-26)24-20-23-12-16(19(22)25-20)18(27)15-5-4-13(21)11-17(15)30-2/h4-5,11-12,14H,3,6-10H2,1-2H3,(H3,22,23,24,25). The van der Waals surface area contributed by atoms with Gasteiger partial charge in [0.1, 0.15) is 17.4 Å². The van der Waals surface area contributed by atoms with Gasteiger partial charge < -0.3 is 15.8 Å². The van der Waals surface area contributed by atoms with E-state index in [9.17, 15) is 17.6 Å². The molecule has 2 aromatic rings. The van der Waals surface area contributed by atoms with Crippen LogP contribution in [0.25, 0.3) is 0 Å². The van der Waals surface area contributed by atoms with E-state index in [2.05, 4.69) is 15.3 Å². The molecule has 0 unspecified atom stereocenters. The van der Waals surface area contributed by atoms with Crippen LogP contribution < -0.4 is 15.8 Å². The molecular weight excluding hydrogens is 425 g/mol. The Hall–Kier alpha value is -2.79. The predicted molar refractivity (Wildman–Crippen MR) is 115 cm³/mol. The van der Waals surface area contributed by atoms with Crippen LogP contribution in [0.4, 0.5) is 16.2 Å². The number of carbonyl (C=O) groups excluding carboxylic acids is 1. The van der Waals surface area contributed by atoms with Gasteiger partial charge in [-0.05, 0) is 31.4 Å². The maximum atomic E-state index is 13.4. The van der Waals surface area contributed by atoms with Crippen LogP contribution in [0.2, 0.25) is 0 Å². The van der Waals surface area contributed by atoms with Gasteiger partial charge in [-0.1, -0.05) is 6.92 Å². The van der Waals surface area contributed by atoms with Gasteiger partial charge in [-0.25, -0.2) is 22.1 Å². The molecule has 1 aliphatic heterocycles. The summed E-state index contributed by atoms with van der Waals surface area (Å²) in [5, 5.41) is 3.15. The van der Waals surface area contributed by atoms with E-state index in [1.807, 2.05) is 6.92 Å². The number of ketones is 1. The molecule has 0 aliphatic carbocycles. The minimum atomic E-state index is -3.20.